The fraction of sp³-hybridized carbons (Fsp3) is 0.333. The summed E-state index contributed by atoms with van der Waals surface area (Å²) in [4.78, 5) is 34.2. The fourth-order valence-electron chi connectivity index (χ4n) is 5.62. The Labute approximate surface area is 268 Å². The molecule has 0 unspecified atom stereocenters. The third-order valence-corrected chi connectivity index (χ3v) is 10.2. The number of rotatable bonds is 8. The molecule has 11 heteroatoms. The molecule has 3 aromatic heterocycles. The van der Waals surface area contributed by atoms with Crippen molar-refractivity contribution in [1.29, 1.82) is 5.26 Å². The van der Waals surface area contributed by atoms with E-state index >= 15 is 0 Å². The van der Waals surface area contributed by atoms with E-state index in [0.29, 0.717) is 48.9 Å². The topological polar surface area (TPSA) is 98.6 Å². The van der Waals surface area contributed by atoms with Gasteiger partial charge in [-0.15, -0.1) is 11.3 Å². The van der Waals surface area contributed by atoms with E-state index in [1.54, 1.807) is 48.1 Å². The van der Waals surface area contributed by atoms with Crippen LogP contribution >= 0.6 is 34.3 Å². The summed E-state index contributed by atoms with van der Waals surface area (Å²) in [5.41, 5.74) is 5.53. The number of nitriles is 1. The molecule has 0 saturated heterocycles. The van der Waals surface area contributed by atoms with Crippen molar-refractivity contribution in [3.8, 4) is 16.8 Å². The Morgan fingerprint density at radius 2 is 1.93 bits per heavy atom. The molecule has 5 rings (SSSR count). The summed E-state index contributed by atoms with van der Waals surface area (Å²) >= 11 is 9.31. The van der Waals surface area contributed by atoms with Crippen molar-refractivity contribution in [2.24, 2.45) is 4.99 Å². The van der Waals surface area contributed by atoms with Gasteiger partial charge in [0.25, 0.3) is 5.56 Å². The summed E-state index contributed by atoms with van der Waals surface area (Å²) in [5.74, 6) is -0.0358. The molecule has 1 atom stereocenters. The van der Waals surface area contributed by atoms with Gasteiger partial charge in [0.15, 0.2) is 4.80 Å². The highest BCUT2D eigenvalue weighted by Crippen LogP contribution is 2.38. The second kappa shape index (κ2) is 12.6. The molecule has 228 valence electrons. The van der Waals surface area contributed by atoms with Crippen LogP contribution in [0.15, 0.2) is 45.3 Å². The van der Waals surface area contributed by atoms with Crippen molar-refractivity contribution >= 4 is 46.3 Å². The van der Waals surface area contributed by atoms with E-state index in [0.717, 1.165) is 38.8 Å². The average Bonchev–Trinajstić information content (AvgIpc) is 3.56. The molecule has 4 heterocycles. The molecule has 1 aromatic carbocycles. The second-order valence-corrected chi connectivity index (χ2v) is 13.2. The van der Waals surface area contributed by atoms with Crippen molar-refractivity contribution in [2.45, 2.75) is 60.4 Å². The lowest BCUT2D eigenvalue weighted by Crippen LogP contribution is -2.40. The second-order valence-electron chi connectivity index (χ2n) is 10.5. The maximum absolute atomic E-state index is 14.3. The van der Waals surface area contributed by atoms with Crippen LogP contribution in [0, 0.1) is 39.0 Å². The summed E-state index contributed by atoms with van der Waals surface area (Å²) in [6.07, 6.45) is 3.14. The number of ether oxygens (including phenoxy) is 2. The normalized spacial score (nSPS) is 14.8. The number of thiophene rings is 1. The summed E-state index contributed by atoms with van der Waals surface area (Å²) in [6.45, 7) is 11.9. The van der Waals surface area contributed by atoms with Crippen LogP contribution in [-0.2, 0) is 9.53 Å². The molecule has 0 saturated carbocycles. The number of allylic oxidation sites excluding steroid dienone is 1. The number of fused-ring (bicyclic) bond motifs is 1. The van der Waals surface area contributed by atoms with E-state index < -0.39 is 12.0 Å². The van der Waals surface area contributed by atoms with Gasteiger partial charge >= 0.3 is 5.97 Å². The molecule has 8 nitrogen and oxygen atoms in total. The standard InChI is InChI=1S/C33H33ClN4O4S2/c1-8-10-25-28(32(40)42-9-2)29(23-15-22(34)11-12-26(23)41-7)38-30(39)27(44-33(38)36-25)14-21-13-17(3)37(19(21)5)31-24(16-35)18(4)20(6)43-31/h11-15,29H,8-10H2,1-7H3/b27-14-/t29-/m1/s1. The third kappa shape index (κ3) is 5.34. The smallest absolute Gasteiger partial charge is 0.338 e. The van der Waals surface area contributed by atoms with Gasteiger partial charge in [0, 0.05) is 26.9 Å². The van der Waals surface area contributed by atoms with Crippen LogP contribution in [-0.4, -0.2) is 28.8 Å². The molecule has 44 heavy (non-hydrogen) atoms. The number of hydrogen-bond donors (Lipinski definition) is 0. The minimum Gasteiger partial charge on any atom is -0.496 e. The number of nitrogens with zero attached hydrogens (tertiary/aromatic N) is 4. The Balaban J connectivity index is 1.77. The number of methoxy groups -OCH3 is 1. The maximum Gasteiger partial charge on any atom is 0.338 e. The summed E-state index contributed by atoms with van der Waals surface area (Å²) in [7, 11) is 1.54. The number of carbonyl (C=O) groups excluding carboxylic acids is 1. The lowest BCUT2D eigenvalue weighted by molar-refractivity contribution is -0.139. The molecule has 0 bridgehead atoms. The Bertz CT molecular complexity index is 2060. The highest BCUT2D eigenvalue weighted by atomic mass is 35.5. The van der Waals surface area contributed by atoms with Crippen LogP contribution in [0.3, 0.4) is 0 Å². The average molecular weight is 649 g/mol. The van der Waals surface area contributed by atoms with Gasteiger partial charge in [0.05, 0.1) is 35.1 Å². The van der Waals surface area contributed by atoms with Gasteiger partial charge < -0.3 is 14.0 Å². The third-order valence-electron chi connectivity index (χ3n) is 7.82. The zero-order chi connectivity index (χ0) is 31.9. The monoisotopic (exact) mass is 648 g/mol. The molecule has 1 aliphatic heterocycles. The summed E-state index contributed by atoms with van der Waals surface area (Å²) in [6, 6.07) is 8.70. The number of thiazole rings is 1. The first-order chi connectivity index (χ1) is 21.1. The predicted octanol–water partition coefficient (Wildman–Crippen LogP) is 6.20. The van der Waals surface area contributed by atoms with E-state index in [1.165, 1.54) is 11.3 Å². The van der Waals surface area contributed by atoms with Crippen molar-refractivity contribution < 1.29 is 14.3 Å². The van der Waals surface area contributed by atoms with Gasteiger partial charge in [-0.3, -0.25) is 9.36 Å². The molecule has 0 amide bonds. The van der Waals surface area contributed by atoms with Crippen LogP contribution in [0.2, 0.25) is 5.02 Å². The van der Waals surface area contributed by atoms with Gasteiger partial charge in [0.2, 0.25) is 0 Å². The molecule has 0 aliphatic carbocycles. The van der Waals surface area contributed by atoms with Crippen LogP contribution in [0.25, 0.3) is 11.1 Å². The number of carbonyl (C=O) groups is 1. The molecule has 0 N–H and O–H groups in total. The van der Waals surface area contributed by atoms with Crippen molar-refractivity contribution in [2.75, 3.05) is 13.7 Å². The van der Waals surface area contributed by atoms with E-state index in [4.69, 9.17) is 26.1 Å². The zero-order valence-electron chi connectivity index (χ0n) is 25.7. The highest BCUT2D eigenvalue weighted by Gasteiger charge is 2.36. The van der Waals surface area contributed by atoms with Crippen molar-refractivity contribution in [3.63, 3.8) is 0 Å². The molecule has 0 fully saturated rings. The first-order valence-corrected chi connectivity index (χ1v) is 16.3. The molecule has 1 aliphatic rings. The van der Waals surface area contributed by atoms with E-state index in [9.17, 15) is 14.9 Å². The van der Waals surface area contributed by atoms with Crippen LogP contribution in [0.5, 0.6) is 5.75 Å². The number of halogens is 1. The quantitative estimate of drug-likeness (QED) is 0.212. The van der Waals surface area contributed by atoms with E-state index in [1.807, 2.05) is 46.8 Å². The Morgan fingerprint density at radius 3 is 2.59 bits per heavy atom. The lowest BCUT2D eigenvalue weighted by Gasteiger charge is -2.27. The number of aromatic nitrogens is 2. The van der Waals surface area contributed by atoms with E-state index in [-0.39, 0.29) is 12.2 Å². The number of aryl methyl sites for hydroxylation is 2. The minimum absolute atomic E-state index is 0.179. The summed E-state index contributed by atoms with van der Waals surface area (Å²) < 4.78 is 15.3. The highest BCUT2D eigenvalue weighted by molar-refractivity contribution is 7.15. The SMILES string of the molecule is CCCC1=C(C(=O)OCC)[C@@H](c2cc(Cl)ccc2OC)n2c(s/c(=C\c3cc(C)n(-c4sc(C)c(C)c4C#N)c3C)c2=O)=N1. The maximum atomic E-state index is 14.3. The lowest BCUT2D eigenvalue weighted by atomic mass is 9.93. The van der Waals surface area contributed by atoms with Crippen molar-refractivity contribution in [3.05, 3.63) is 98.8 Å². The van der Waals surface area contributed by atoms with E-state index in [2.05, 4.69) is 10.6 Å². The predicted molar refractivity (Wildman–Crippen MR) is 175 cm³/mol. The first kappa shape index (κ1) is 31.5. The molecule has 0 radical (unpaired) electrons. The van der Waals surface area contributed by atoms with Crippen LogP contribution < -0.4 is 19.6 Å². The van der Waals surface area contributed by atoms with Gasteiger partial charge in [-0.2, -0.15) is 5.26 Å². The first-order valence-electron chi connectivity index (χ1n) is 14.3. The Morgan fingerprint density at radius 1 is 1.18 bits per heavy atom. The van der Waals surface area contributed by atoms with Crippen molar-refractivity contribution in [1.82, 2.24) is 9.13 Å². The fourth-order valence-corrected chi connectivity index (χ4v) is 8.03. The van der Waals surface area contributed by atoms with Crippen LogP contribution in [0.4, 0.5) is 0 Å². The Kier molecular flexibility index (Phi) is 9.02. The van der Waals surface area contributed by atoms with Gasteiger partial charge in [0.1, 0.15) is 22.9 Å². The number of esters is 1. The largest absolute Gasteiger partial charge is 0.496 e. The minimum atomic E-state index is -0.842. The van der Waals surface area contributed by atoms with Crippen LogP contribution in [0.1, 0.15) is 71.2 Å². The summed E-state index contributed by atoms with van der Waals surface area (Å²) in [5, 5.41) is 11.2. The number of benzene rings is 1. The molecular weight excluding hydrogens is 616 g/mol. The molecular formula is C33H33ClN4O4S2. The van der Waals surface area contributed by atoms with Gasteiger partial charge in [-0.1, -0.05) is 36.3 Å². The zero-order valence-corrected chi connectivity index (χ0v) is 28.1. The molecule has 0 spiro atoms. The number of hydrogen-bond acceptors (Lipinski definition) is 8. The van der Waals surface area contributed by atoms with Gasteiger partial charge in [-0.05, 0) is 82.5 Å². The van der Waals surface area contributed by atoms with Gasteiger partial charge in [-0.25, -0.2) is 9.79 Å². The molecule has 4 aromatic rings. The Hall–Kier alpha value is -3.91.